The van der Waals surface area contributed by atoms with Crippen molar-refractivity contribution in [2.24, 2.45) is 0 Å². The summed E-state index contributed by atoms with van der Waals surface area (Å²) in [4.78, 5) is 3.49. The molecular formula is C16H18FNO. The van der Waals surface area contributed by atoms with E-state index in [9.17, 15) is 4.39 Å². The monoisotopic (exact) mass is 259 g/mol. The molecule has 0 unspecified atom stereocenters. The van der Waals surface area contributed by atoms with Gasteiger partial charge in [0.15, 0.2) is 0 Å². The normalized spacial score (nSPS) is 11.4. The fraction of sp³-hybridized carbons (Fsp3) is 0.312. The van der Waals surface area contributed by atoms with Gasteiger partial charge in [-0.05, 0) is 35.6 Å². The first kappa shape index (κ1) is 13.5. The van der Waals surface area contributed by atoms with Crippen LogP contribution in [0.15, 0.2) is 42.6 Å². The van der Waals surface area contributed by atoms with Crippen molar-refractivity contribution >= 4 is 0 Å². The number of halogens is 1. The zero-order chi connectivity index (χ0) is 13.9. The molecule has 0 aliphatic heterocycles. The van der Waals surface area contributed by atoms with Crippen molar-refractivity contribution in [3.8, 4) is 11.5 Å². The molecular weight excluding hydrogens is 241 g/mol. The van der Waals surface area contributed by atoms with Crippen LogP contribution in [0.1, 0.15) is 32.8 Å². The molecule has 2 rings (SSSR count). The van der Waals surface area contributed by atoms with Crippen LogP contribution < -0.4 is 4.74 Å². The van der Waals surface area contributed by atoms with Crippen LogP contribution in [0.2, 0.25) is 0 Å². The Hall–Kier alpha value is -1.90. The summed E-state index contributed by atoms with van der Waals surface area (Å²) in [5, 5.41) is 0. The SMILES string of the molecule is CCC(C)(C)c1ccc(Oc2ccnc(F)c2)cc1. The largest absolute Gasteiger partial charge is 0.457 e. The molecule has 0 atom stereocenters. The van der Waals surface area contributed by atoms with Gasteiger partial charge in [0, 0.05) is 12.3 Å². The van der Waals surface area contributed by atoms with E-state index in [0.29, 0.717) is 11.5 Å². The van der Waals surface area contributed by atoms with Gasteiger partial charge in [-0.3, -0.25) is 0 Å². The number of aromatic nitrogens is 1. The van der Waals surface area contributed by atoms with Gasteiger partial charge in [0.05, 0.1) is 0 Å². The highest BCUT2D eigenvalue weighted by atomic mass is 19.1. The maximum Gasteiger partial charge on any atom is 0.216 e. The van der Waals surface area contributed by atoms with Crippen LogP contribution in [0.4, 0.5) is 4.39 Å². The van der Waals surface area contributed by atoms with Crippen LogP contribution in [-0.2, 0) is 5.41 Å². The fourth-order valence-corrected chi connectivity index (χ4v) is 1.76. The van der Waals surface area contributed by atoms with Crippen molar-refractivity contribution in [3.05, 3.63) is 54.1 Å². The van der Waals surface area contributed by atoms with E-state index >= 15 is 0 Å². The van der Waals surface area contributed by atoms with Gasteiger partial charge in [0.2, 0.25) is 5.95 Å². The molecule has 0 fully saturated rings. The first-order valence-electron chi connectivity index (χ1n) is 6.41. The Kier molecular flexibility index (Phi) is 3.84. The molecule has 0 aliphatic rings. The van der Waals surface area contributed by atoms with Crippen LogP contribution in [0.25, 0.3) is 0 Å². The molecule has 2 aromatic rings. The maximum absolute atomic E-state index is 12.9. The molecule has 2 nitrogen and oxygen atoms in total. The average molecular weight is 259 g/mol. The van der Waals surface area contributed by atoms with E-state index in [-0.39, 0.29) is 5.41 Å². The number of ether oxygens (including phenoxy) is 1. The molecule has 0 N–H and O–H groups in total. The van der Waals surface area contributed by atoms with Crippen molar-refractivity contribution in [3.63, 3.8) is 0 Å². The van der Waals surface area contributed by atoms with E-state index in [2.05, 4.69) is 37.9 Å². The number of nitrogens with zero attached hydrogens (tertiary/aromatic N) is 1. The third kappa shape index (κ3) is 3.31. The van der Waals surface area contributed by atoms with Crippen LogP contribution >= 0.6 is 0 Å². The van der Waals surface area contributed by atoms with Crippen LogP contribution in [-0.4, -0.2) is 4.98 Å². The second-order valence-corrected chi connectivity index (χ2v) is 5.18. The molecule has 0 aliphatic carbocycles. The average Bonchev–Trinajstić information content (AvgIpc) is 2.39. The summed E-state index contributed by atoms with van der Waals surface area (Å²) in [6.07, 6.45) is 2.46. The second-order valence-electron chi connectivity index (χ2n) is 5.18. The Morgan fingerprint density at radius 3 is 2.37 bits per heavy atom. The lowest BCUT2D eigenvalue weighted by atomic mass is 9.82. The Morgan fingerprint density at radius 2 is 1.79 bits per heavy atom. The molecule has 0 saturated carbocycles. The van der Waals surface area contributed by atoms with Gasteiger partial charge in [-0.1, -0.05) is 32.9 Å². The molecule has 0 amide bonds. The van der Waals surface area contributed by atoms with Crippen molar-refractivity contribution < 1.29 is 9.13 Å². The van der Waals surface area contributed by atoms with E-state index in [0.717, 1.165) is 6.42 Å². The van der Waals surface area contributed by atoms with E-state index in [4.69, 9.17) is 4.74 Å². The highest BCUT2D eigenvalue weighted by Crippen LogP contribution is 2.29. The standard InChI is InChI=1S/C16H18FNO/c1-4-16(2,3)12-5-7-13(8-6-12)19-14-9-10-18-15(17)11-14/h5-11H,4H2,1-3H3. The third-order valence-electron chi connectivity index (χ3n) is 3.45. The fourth-order valence-electron chi connectivity index (χ4n) is 1.76. The molecule has 0 bridgehead atoms. The summed E-state index contributed by atoms with van der Waals surface area (Å²) in [5.74, 6) is 0.609. The maximum atomic E-state index is 12.9. The quantitative estimate of drug-likeness (QED) is 0.742. The van der Waals surface area contributed by atoms with E-state index < -0.39 is 5.95 Å². The van der Waals surface area contributed by atoms with Gasteiger partial charge in [-0.2, -0.15) is 4.39 Å². The lowest BCUT2D eigenvalue weighted by Crippen LogP contribution is -2.14. The minimum atomic E-state index is -0.541. The molecule has 0 radical (unpaired) electrons. The lowest BCUT2D eigenvalue weighted by Gasteiger charge is -2.23. The minimum absolute atomic E-state index is 0.154. The van der Waals surface area contributed by atoms with Crippen molar-refractivity contribution in [1.29, 1.82) is 0 Å². The number of hydrogen-bond donors (Lipinski definition) is 0. The van der Waals surface area contributed by atoms with Gasteiger partial charge >= 0.3 is 0 Å². The Labute approximate surface area is 113 Å². The van der Waals surface area contributed by atoms with Crippen LogP contribution in [0.5, 0.6) is 11.5 Å². The molecule has 0 saturated heterocycles. The highest BCUT2D eigenvalue weighted by molar-refractivity contribution is 5.34. The van der Waals surface area contributed by atoms with Gasteiger partial charge in [0.25, 0.3) is 0 Å². The van der Waals surface area contributed by atoms with E-state index in [1.165, 1.54) is 17.8 Å². The van der Waals surface area contributed by atoms with Gasteiger partial charge in [-0.25, -0.2) is 4.98 Å². The highest BCUT2D eigenvalue weighted by Gasteiger charge is 2.17. The van der Waals surface area contributed by atoms with Gasteiger partial charge < -0.3 is 4.74 Å². The van der Waals surface area contributed by atoms with E-state index in [1.54, 1.807) is 6.07 Å². The molecule has 19 heavy (non-hydrogen) atoms. The lowest BCUT2D eigenvalue weighted by molar-refractivity contribution is 0.469. The molecule has 0 spiro atoms. The molecule has 1 heterocycles. The summed E-state index contributed by atoms with van der Waals surface area (Å²) in [5.41, 5.74) is 1.42. The summed E-state index contributed by atoms with van der Waals surface area (Å²) in [6, 6.07) is 10.8. The summed E-state index contributed by atoms with van der Waals surface area (Å²) in [6.45, 7) is 6.59. The topological polar surface area (TPSA) is 22.1 Å². The number of benzene rings is 1. The summed E-state index contributed by atoms with van der Waals surface area (Å²) in [7, 11) is 0. The number of rotatable bonds is 4. The predicted octanol–water partition coefficient (Wildman–Crippen LogP) is 4.70. The Balaban J connectivity index is 2.15. The summed E-state index contributed by atoms with van der Waals surface area (Å²) >= 11 is 0. The van der Waals surface area contributed by atoms with E-state index in [1.807, 2.05) is 12.1 Å². The van der Waals surface area contributed by atoms with Gasteiger partial charge in [-0.15, -0.1) is 0 Å². The van der Waals surface area contributed by atoms with Gasteiger partial charge in [0.1, 0.15) is 11.5 Å². The van der Waals surface area contributed by atoms with Crippen molar-refractivity contribution in [2.75, 3.05) is 0 Å². The predicted molar refractivity (Wildman–Crippen MR) is 74.0 cm³/mol. The molecule has 1 aromatic carbocycles. The zero-order valence-electron chi connectivity index (χ0n) is 11.5. The third-order valence-corrected chi connectivity index (χ3v) is 3.45. The molecule has 100 valence electrons. The zero-order valence-corrected chi connectivity index (χ0v) is 11.5. The molecule has 3 heteroatoms. The Morgan fingerprint density at radius 1 is 1.11 bits per heavy atom. The second kappa shape index (κ2) is 5.39. The first-order chi connectivity index (χ1) is 9.01. The summed E-state index contributed by atoms with van der Waals surface area (Å²) < 4.78 is 18.5. The Bertz CT molecular complexity index is 549. The minimum Gasteiger partial charge on any atom is -0.457 e. The van der Waals surface area contributed by atoms with Crippen molar-refractivity contribution in [2.45, 2.75) is 32.6 Å². The first-order valence-corrected chi connectivity index (χ1v) is 6.41. The number of hydrogen-bond acceptors (Lipinski definition) is 2. The smallest absolute Gasteiger partial charge is 0.216 e. The van der Waals surface area contributed by atoms with Crippen molar-refractivity contribution in [1.82, 2.24) is 4.98 Å². The number of pyridine rings is 1. The van der Waals surface area contributed by atoms with Crippen LogP contribution in [0, 0.1) is 5.95 Å². The molecule has 1 aromatic heterocycles. The van der Waals surface area contributed by atoms with Crippen LogP contribution in [0.3, 0.4) is 0 Å².